The molecular formula is C82H138NO8+. The molecule has 0 aliphatic rings. The predicted molar refractivity (Wildman–Crippen MR) is 391 cm³/mol. The average molecular weight is 1270 g/mol. The highest BCUT2D eigenvalue weighted by atomic mass is 16.7. The van der Waals surface area contributed by atoms with Crippen LogP contribution in [0.5, 0.6) is 0 Å². The Labute approximate surface area is 560 Å². The Bertz CT molecular complexity index is 2010. The summed E-state index contributed by atoms with van der Waals surface area (Å²) in [5, 5.41) is 9.75. The van der Waals surface area contributed by atoms with Crippen LogP contribution >= 0.6 is 0 Å². The maximum atomic E-state index is 12.9. The number of hydrogen-bond acceptors (Lipinski definition) is 7. The van der Waals surface area contributed by atoms with Gasteiger partial charge in [0, 0.05) is 12.8 Å². The highest BCUT2D eigenvalue weighted by Crippen LogP contribution is 2.17. The second-order valence-electron chi connectivity index (χ2n) is 25.5. The van der Waals surface area contributed by atoms with E-state index in [1.807, 2.05) is 21.1 Å². The molecule has 1 N–H and O–H groups in total. The van der Waals surface area contributed by atoms with Crippen molar-refractivity contribution in [2.45, 2.75) is 309 Å². The van der Waals surface area contributed by atoms with Crippen molar-refractivity contribution in [3.8, 4) is 0 Å². The van der Waals surface area contributed by atoms with E-state index >= 15 is 0 Å². The van der Waals surface area contributed by atoms with Gasteiger partial charge in [-0.3, -0.25) is 9.59 Å². The van der Waals surface area contributed by atoms with E-state index in [4.69, 9.17) is 18.9 Å². The first-order chi connectivity index (χ1) is 44.6. The number of carbonyl (C=O) groups excluding carboxylic acids is 2. The van der Waals surface area contributed by atoms with Crippen LogP contribution in [0.15, 0.2) is 146 Å². The maximum Gasteiger partial charge on any atom is 0.361 e. The summed E-state index contributed by atoms with van der Waals surface area (Å²) in [4.78, 5) is 37.6. The van der Waals surface area contributed by atoms with Gasteiger partial charge in [0.25, 0.3) is 6.29 Å². The molecule has 0 radical (unpaired) electrons. The van der Waals surface area contributed by atoms with Crippen molar-refractivity contribution in [3.63, 3.8) is 0 Å². The van der Waals surface area contributed by atoms with Gasteiger partial charge >= 0.3 is 17.9 Å². The smallest absolute Gasteiger partial charge is 0.361 e. The van der Waals surface area contributed by atoms with E-state index in [0.29, 0.717) is 17.4 Å². The van der Waals surface area contributed by atoms with E-state index in [1.54, 1.807) is 0 Å². The molecule has 0 rings (SSSR count). The van der Waals surface area contributed by atoms with Crippen LogP contribution < -0.4 is 0 Å². The standard InChI is InChI=1S/C82H137NO8/c1-6-8-10-12-14-16-18-20-22-24-26-28-30-32-34-36-38-40-42-44-46-48-50-52-54-56-58-60-62-64-66-68-70-72-79(84)89-76-78(77-90-82(81(86)87)88-75-74-83(3,4)5)91-80(85)73-71-69-67-65-63-61-59-57-55-53-51-49-47-45-43-41-39-37-35-33-31-29-27-25-23-21-19-17-15-13-11-9-7-2/h9,11,15,17-18,20-21,23-24,26-27,29,33,35,39,41,45,47,51,53,57,59,63,65,78,82H,6-8,10,12-14,16,19,22,25,28,30-32,34,36-38,40,42-44,46,48-50,52,54-56,58,60-62,64,66-77H2,1-5H3/p+1/b11-9-,17-15-,20-18-,23-21-,26-24-,29-27-,35-33-,41-39-,47-45-,53-51-,59-57-,65-63-. The summed E-state index contributed by atoms with van der Waals surface area (Å²) in [5.41, 5.74) is 0. The average Bonchev–Trinajstić information content (AvgIpc) is 3.46. The van der Waals surface area contributed by atoms with Crippen LogP contribution in [0.2, 0.25) is 0 Å². The number of allylic oxidation sites excluding steroid dienone is 24. The molecule has 0 heterocycles. The molecule has 0 aromatic heterocycles. The molecule has 518 valence electrons. The van der Waals surface area contributed by atoms with E-state index in [-0.39, 0.29) is 38.6 Å². The lowest BCUT2D eigenvalue weighted by Gasteiger charge is -2.25. The van der Waals surface area contributed by atoms with Gasteiger partial charge in [-0.05, 0) is 122 Å². The Morgan fingerprint density at radius 3 is 0.956 bits per heavy atom. The molecule has 0 amide bonds. The zero-order valence-corrected chi connectivity index (χ0v) is 59.2. The summed E-state index contributed by atoms with van der Waals surface area (Å²) in [7, 11) is 5.96. The number of likely N-dealkylation sites (N-methyl/N-ethyl adjacent to an activating group) is 1. The van der Waals surface area contributed by atoms with Gasteiger partial charge in [-0.2, -0.15) is 0 Å². The van der Waals surface area contributed by atoms with E-state index in [2.05, 4.69) is 160 Å². The second-order valence-corrected chi connectivity index (χ2v) is 25.5. The van der Waals surface area contributed by atoms with Crippen molar-refractivity contribution in [2.24, 2.45) is 0 Å². The number of hydrogen-bond donors (Lipinski definition) is 1. The normalized spacial score (nSPS) is 13.5. The Hall–Kier alpha value is -4.83. The van der Waals surface area contributed by atoms with E-state index in [9.17, 15) is 19.5 Å². The number of carboxylic acid groups (broad SMARTS) is 1. The molecular weight excluding hydrogens is 1130 g/mol. The minimum atomic E-state index is -1.53. The zero-order valence-electron chi connectivity index (χ0n) is 59.2. The van der Waals surface area contributed by atoms with Gasteiger partial charge in [-0.1, -0.05) is 307 Å². The molecule has 0 saturated heterocycles. The molecule has 2 atom stereocenters. The number of ether oxygens (including phenoxy) is 4. The first-order valence-corrected chi connectivity index (χ1v) is 37.0. The quantitative estimate of drug-likeness (QED) is 0.0211. The molecule has 0 bridgehead atoms. The SMILES string of the molecule is CC/C=C\C/C=C\C/C=C\C/C=C\C/C=C\C/C=C\C/C=C\C/C=C\C/C=C\C/C=C\CCCCC(=O)OC(COC(=O)CCCCCCCCCCCCCCCCCCCCCCC/C=C\C/C=C\CCCCCCC)COC(OCC[N+](C)(C)C)C(=O)O. The highest BCUT2D eigenvalue weighted by Gasteiger charge is 2.25. The van der Waals surface area contributed by atoms with Gasteiger partial charge in [0.05, 0.1) is 34.4 Å². The van der Waals surface area contributed by atoms with E-state index in [1.165, 1.54) is 161 Å². The number of quaternary nitrogens is 1. The van der Waals surface area contributed by atoms with Crippen LogP contribution in [0.3, 0.4) is 0 Å². The summed E-state index contributed by atoms with van der Waals surface area (Å²) in [6.07, 6.45) is 101. The van der Waals surface area contributed by atoms with E-state index in [0.717, 1.165) is 103 Å². The van der Waals surface area contributed by atoms with Crippen molar-refractivity contribution in [1.29, 1.82) is 0 Å². The van der Waals surface area contributed by atoms with Crippen LogP contribution in [0.4, 0.5) is 0 Å². The second kappa shape index (κ2) is 71.0. The number of unbranched alkanes of at least 4 members (excludes halogenated alkanes) is 28. The summed E-state index contributed by atoms with van der Waals surface area (Å²) in [6, 6.07) is 0. The fourth-order valence-electron chi connectivity index (χ4n) is 9.96. The van der Waals surface area contributed by atoms with Crippen LogP contribution in [0.1, 0.15) is 296 Å². The van der Waals surface area contributed by atoms with Crippen molar-refractivity contribution in [2.75, 3.05) is 47.5 Å². The van der Waals surface area contributed by atoms with Crippen LogP contribution in [-0.4, -0.2) is 87.4 Å². The summed E-state index contributed by atoms with van der Waals surface area (Å²) in [5.74, 6) is -2.07. The van der Waals surface area contributed by atoms with Crippen molar-refractivity contribution < 1.29 is 42.9 Å². The molecule has 2 unspecified atom stereocenters. The van der Waals surface area contributed by atoms with Gasteiger partial charge in [0.15, 0.2) is 6.10 Å². The number of carbonyl (C=O) groups is 3. The Morgan fingerprint density at radius 2 is 0.626 bits per heavy atom. The number of nitrogens with zero attached hydrogens (tertiary/aromatic N) is 1. The number of carboxylic acids is 1. The topological polar surface area (TPSA) is 108 Å². The van der Waals surface area contributed by atoms with Gasteiger partial charge < -0.3 is 28.5 Å². The molecule has 0 aliphatic heterocycles. The lowest BCUT2D eigenvalue weighted by Crippen LogP contribution is -2.40. The fourth-order valence-corrected chi connectivity index (χ4v) is 9.96. The first kappa shape index (κ1) is 86.2. The van der Waals surface area contributed by atoms with Crippen molar-refractivity contribution in [1.82, 2.24) is 0 Å². The minimum absolute atomic E-state index is 0.172. The van der Waals surface area contributed by atoms with E-state index < -0.39 is 24.3 Å². The number of esters is 2. The summed E-state index contributed by atoms with van der Waals surface area (Å²) >= 11 is 0. The summed E-state index contributed by atoms with van der Waals surface area (Å²) < 4.78 is 22.9. The third kappa shape index (κ3) is 72.5. The molecule has 91 heavy (non-hydrogen) atoms. The number of aliphatic carboxylic acids is 1. The maximum absolute atomic E-state index is 12.9. The molecule has 0 saturated carbocycles. The largest absolute Gasteiger partial charge is 0.477 e. The van der Waals surface area contributed by atoms with Crippen LogP contribution in [-0.2, 0) is 33.3 Å². The molecule has 0 aromatic carbocycles. The Balaban J connectivity index is 4.19. The molecule has 0 aromatic rings. The molecule has 0 aliphatic carbocycles. The Morgan fingerprint density at radius 1 is 0.341 bits per heavy atom. The van der Waals surface area contributed by atoms with Gasteiger partial charge in [0.2, 0.25) is 0 Å². The third-order valence-electron chi connectivity index (χ3n) is 15.6. The highest BCUT2D eigenvalue weighted by molar-refractivity contribution is 5.71. The Kier molecular flexibility index (Phi) is 67.3. The monoisotopic (exact) mass is 1270 g/mol. The van der Waals surface area contributed by atoms with Crippen molar-refractivity contribution >= 4 is 17.9 Å². The molecule has 9 nitrogen and oxygen atoms in total. The lowest BCUT2D eigenvalue weighted by molar-refractivity contribution is -0.870. The number of rotatable bonds is 67. The molecule has 0 fully saturated rings. The third-order valence-corrected chi connectivity index (χ3v) is 15.6. The first-order valence-electron chi connectivity index (χ1n) is 37.0. The van der Waals surface area contributed by atoms with Crippen molar-refractivity contribution in [3.05, 3.63) is 146 Å². The minimum Gasteiger partial charge on any atom is -0.477 e. The zero-order chi connectivity index (χ0) is 66.1. The lowest BCUT2D eigenvalue weighted by atomic mass is 10.0. The van der Waals surface area contributed by atoms with Gasteiger partial charge in [-0.25, -0.2) is 4.79 Å². The predicted octanol–water partition coefficient (Wildman–Crippen LogP) is 23.5. The molecule has 0 spiro atoms. The summed E-state index contributed by atoms with van der Waals surface area (Å²) in [6.45, 7) is 4.71. The molecule has 9 heteroatoms. The van der Waals surface area contributed by atoms with Gasteiger partial charge in [-0.15, -0.1) is 0 Å². The fraction of sp³-hybridized carbons (Fsp3) is 0.671. The van der Waals surface area contributed by atoms with Crippen LogP contribution in [0, 0.1) is 0 Å². The van der Waals surface area contributed by atoms with Crippen LogP contribution in [0.25, 0.3) is 0 Å². The van der Waals surface area contributed by atoms with Gasteiger partial charge in [0.1, 0.15) is 13.2 Å².